The van der Waals surface area contributed by atoms with Crippen molar-refractivity contribution in [3.05, 3.63) is 76.0 Å². The summed E-state index contributed by atoms with van der Waals surface area (Å²) in [4.78, 5) is 12.1. The van der Waals surface area contributed by atoms with Crippen LogP contribution in [-0.2, 0) is 6.42 Å². The Hall–Kier alpha value is -2.39. The Morgan fingerprint density at radius 3 is 2.71 bits per heavy atom. The second-order valence-corrected chi connectivity index (χ2v) is 5.95. The Bertz CT molecular complexity index is 821. The number of benzene rings is 2. The highest BCUT2D eigenvalue weighted by Crippen LogP contribution is 2.37. The van der Waals surface area contributed by atoms with E-state index in [9.17, 15) is 4.79 Å². The quantitative estimate of drug-likeness (QED) is 0.576. The Kier molecular flexibility index (Phi) is 2.86. The molecule has 0 fully saturated rings. The van der Waals surface area contributed by atoms with Gasteiger partial charge in [0.25, 0.3) is 5.91 Å². The summed E-state index contributed by atoms with van der Waals surface area (Å²) in [6.45, 7) is 0. The molecule has 0 radical (unpaired) electrons. The fraction of sp³-hybridized carbons (Fsp3) is 0.0556. The lowest BCUT2D eigenvalue weighted by Gasteiger charge is -2.07. The molecule has 0 saturated heterocycles. The van der Waals surface area contributed by atoms with E-state index < -0.39 is 0 Å². The molecule has 21 heavy (non-hydrogen) atoms. The first-order chi connectivity index (χ1) is 10.3. The normalized spacial score (nSPS) is 11.8. The third-order valence-corrected chi connectivity index (χ3v) is 4.52. The van der Waals surface area contributed by atoms with Crippen molar-refractivity contribution in [3.8, 4) is 11.1 Å². The van der Waals surface area contributed by atoms with Crippen LogP contribution in [0.3, 0.4) is 0 Å². The molecular weight excluding hydrogens is 278 g/mol. The highest BCUT2D eigenvalue weighted by molar-refractivity contribution is 7.08. The van der Waals surface area contributed by atoms with Crippen LogP contribution in [0.1, 0.15) is 21.5 Å². The van der Waals surface area contributed by atoms with Crippen LogP contribution in [0.4, 0.5) is 5.69 Å². The number of fused-ring (bicyclic) bond motifs is 3. The van der Waals surface area contributed by atoms with E-state index in [0.29, 0.717) is 5.56 Å². The van der Waals surface area contributed by atoms with Crippen molar-refractivity contribution in [1.29, 1.82) is 0 Å². The summed E-state index contributed by atoms with van der Waals surface area (Å²) in [5, 5.41) is 6.74. The van der Waals surface area contributed by atoms with Gasteiger partial charge in [0, 0.05) is 11.1 Å². The third kappa shape index (κ3) is 2.16. The van der Waals surface area contributed by atoms with Gasteiger partial charge in [0.05, 0.1) is 5.56 Å². The predicted octanol–water partition coefficient (Wildman–Crippen LogP) is 4.57. The van der Waals surface area contributed by atoms with Gasteiger partial charge in [-0.3, -0.25) is 4.79 Å². The smallest absolute Gasteiger partial charge is 0.256 e. The third-order valence-electron chi connectivity index (χ3n) is 3.84. The number of nitrogens with one attached hydrogen (secondary N) is 1. The summed E-state index contributed by atoms with van der Waals surface area (Å²) in [6.07, 6.45) is 0.976. The lowest BCUT2D eigenvalue weighted by molar-refractivity contribution is 0.102. The molecule has 1 aliphatic rings. The maximum Gasteiger partial charge on any atom is 0.256 e. The van der Waals surface area contributed by atoms with Crippen molar-refractivity contribution in [2.75, 3.05) is 5.32 Å². The monoisotopic (exact) mass is 291 g/mol. The summed E-state index contributed by atoms with van der Waals surface area (Å²) in [5.41, 5.74) is 6.74. The maximum atomic E-state index is 12.1. The van der Waals surface area contributed by atoms with E-state index in [2.05, 4.69) is 41.7 Å². The lowest BCUT2D eigenvalue weighted by atomic mass is 10.1. The van der Waals surface area contributed by atoms with Crippen molar-refractivity contribution < 1.29 is 4.79 Å². The zero-order valence-electron chi connectivity index (χ0n) is 11.3. The van der Waals surface area contributed by atoms with Crippen LogP contribution >= 0.6 is 11.3 Å². The van der Waals surface area contributed by atoms with Gasteiger partial charge in [0.1, 0.15) is 0 Å². The van der Waals surface area contributed by atoms with Gasteiger partial charge in [0.2, 0.25) is 0 Å². The van der Waals surface area contributed by atoms with Crippen molar-refractivity contribution in [2.45, 2.75) is 6.42 Å². The van der Waals surface area contributed by atoms with Crippen molar-refractivity contribution in [3.63, 3.8) is 0 Å². The van der Waals surface area contributed by atoms with Gasteiger partial charge in [-0.25, -0.2) is 0 Å². The summed E-state index contributed by atoms with van der Waals surface area (Å²) >= 11 is 1.53. The average molecular weight is 291 g/mol. The first kappa shape index (κ1) is 12.4. The standard InChI is InChI=1S/C18H13NOS/c20-18(14-7-8-21-11-14)19-15-6-5-13-9-12-3-1-2-4-16(12)17(13)10-15/h1-8,10-11H,9H2,(H,19,20). The molecule has 0 spiro atoms. The molecule has 0 unspecified atom stereocenters. The van der Waals surface area contributed by atoms with Gasteiger partial charge in [0.15, 0.2) is 0 Å². The van der Waals surface area contributed by atoms with Crippen molar-refractivity contribution >= 4 is 22.9 Å². The minimum absolute atomic E-state index is 0.0533. The number of carbonyl (C=O) groups excluding carboxylic acids is 1. The van der Waals surface area contributed by atoms with Gasteiger partial charge < -0.3 is 5.32 Å². The fourth-order valence-corrected chi connectivity index (χ4v) is 3.43. The molecule has 1 aromatic heterocycles. The molecule has 2 nitrogen and oxygen atoms in total. The van der Waals surface area contributed by atoms with Crippen LogP contribution < -0.4 is 5.32 Å². The zero-order chi connectivity index (χ0) is 14.2. The molecule has 0 saturated carbocycles. The molecule has 4 rings (SSSR count). The fourth-order valence-electron chi connectivity index (χ4n) is 2.80. The number of hydrogen-bond donors (Lipinski definition) is 1. The molecule has 2 aromatic carbocycles. The lowest BCUT2D eigenvalue weighted by Crippen LogP contribution is -2.10. The topological polar surface area (TPSA) is 29.1 Å². The summed E-state index contributed by atoms with van der Waals surface area (Å²) in [6, 6.07) is 16.4. The molecule has 1 amide bonds. The maximum absolute atomic E-state index is 12.1. The number of carbonyl (C=O) groups is 1. The number of hydrogen-bond acceptors (Lipinski definition) is 2. The molecule has 102 valence electrons. The number of rotatable bonds is 2. The van der Waals surface area contributed by atoms with E-state index in [-0.39, 0.29) is 5.91 Å². The van der Waals surface area contributed by atoms with Gasteiger partial charge in [-0.2, -0.15) is 11.3 Å². The molecule has 0 bridgehead atoms. The summed E-state index contributed by atoms with van der Waals surface area (Å²) < 4.78 is 0. The van der Waals surface area contributed by atoms with Crippen LogP contribution in [0.2, 0.25) is 0 Å². The number of thiophene rings is 1. The first-order valence-electron chi connectivity index (χ1n) is 6.86. The second kappa shape index (κ2) is 4.86. The summed E-state index contributed by atoms with van der Waals surface area (Å²) in [5.74, 6) is -0.0533. The van der Waals surface area contributed by atoms with Gasteiger partial charge in [-0.15, -0.1) is 0 Å². The Morgan fingerprint density at radius 2 is 1.86 bits per heavy atom. The second-order valence-electron chi connectivity index (χ2n) is 5.17. The van der Waals surface area contributed by atoms with Gasteiger partial charge in [-0.1, -0.05) is 30.3 Å². The SMILES string of the molecule is O=C(Nc1ccc2c(c1)-c1ccccc1C2)c1ccsc1. The Labute approximate surface area is 127 Å². The van der Waals surface area contributed by atoms with Crippen molar-refractivity contribution in [1.82, 2.24) is 0 Å². The molecule has 0 atom stereocenters. The first-order valence-corrected chi connectivity index (χ1v) is 7.80. The molecule has 1 N–H and O–H groups in total. The molecule has 3 heteroatoms. The van der Waals surface area contributed by atoms with E-state index in [0.717, 1.165) is 12.1 Å². The van der Waals surface area contributed by atoms with E-state index >= 15 is 0 Å². The zero-order valence-corrected chi connectivity index (χ0v) is 12.1. The van der Waals surface area contributed by atoms with Crippen LogP contribution in [0, 0.1) is 0 Å². The molecule has 3 aromatic rings. The van der Waals surface area contributed by atoms with Gasteiger partial charge in [-0.05, 0) is 52.3 Å². The van der Waals surface area contributed by atoms with Crippen LogP contribution in [0.15, 0.2) is 59.3 Å². The van der Waals surface area contributed by atoms with Crippen molar-refractivity contribution in [2.24, 2.45) is 0 Å². The average Bonchev–Trinajstić information content (AvgIpc) is 3.14. The van der Waals surface area contributed by atoms with Crippen LogP contribution in [-0.4, -0.2) is 5.91 Å². The molecule has 0 aliphatic heterocycles. The van der Waals surface area contributed by atoms with E-state index in [1.807, 2.05) is 22.9 Å². The minimum atomic E-state index is -0.0533. The van der Waals surface area contributed by atoms with Crippen LogP contribution in [0.25, 0.3) is 11.1 Å². The van der Waals surface area contributed by atoms with E-state index in [1.54, 1.807) is 0 Å². The van der Waals surface area contributed by atoms with Crippen LogP contribution in [0.5, 0.6) is 0 Å². The Morgan fingerprint density at radius 1 is 1.00 bits per heavy atom. The largest absolute Gasteiger partial charge is 0.322 e. The highest BCUT2D eigenvalue weighted by Gasteiger charge is 2.18. The van der Waals surface area contributed by atoms with E-state index in [1.165, 1.54) is 33.6 Å². The number of amides is 1. The summed E-state index contributed by atoms with van der Waals surface area (Å²) in [7, 11) is 0. The predicted molar refractivity (Wildman–Crippen MR) is 87.0 cm³/mol. The molecular formula is C18H13NOS. The van der Waals surface area contributed by atoms with E-state index in [4.69, 9.17) is 0 Å². The highest BCUT2D eigenvalue weighted by atomic mass is 32.1. The van der Waals surface area contributed by atoms with Gasteiger partial charge >= 0.3 is 0 Å². The molecule has 1 aliphatic carbocycles. The minimum Gasteiger partial charge on any atom is -0.322 e. The number of anilines is 1. The Balaban J connectivity index is 1.67. The molecule has 1 heterocycles.